The molecule has 1 saturated heterocycles. The van der Waals surface area contributed by atoms with Crippen LogP contribution in [0.5, 0.6) is 0 Å². The van der Waals surface area contributed by atoms with E-state index in [0.717, 1.165) is 24.0 Å². The van der Waals surface area contributed by atoms with Gasteiger partial charge < -0.3 is 5.32 Å². The van der Waals surface area contributed by atoms with Crippen LogP contribution in [0.25, 0.3) is 0 Å². The zero-order valence-corrected chi connectivity index (χ0v) is 11.2. The number of likely N-dealkylation sites (tertiary alicyclic amines) is 1. The number of nitrogens with zero attached hydrogens (tertiary/aromatic N) is 1. The Hall–Kier alpha value is -0.570. The fourth-order valence-corrected chi connectivity index (χ4v) is 2.70. The SMILES string of the molecule is CNCC1CCN(Cc2ccccc2Cl)CC1. The van der Waals surface area contributed by atoms with Gasteiger partial charge in [-0.25, -0.2) is 0 Å². The van der Waals surface area contributed by atoms with Crippen molar-refractivity contribution in [1.29, 1.82) is 0 Å². The molecule has 1 aliphatic rings. The van der Waals surface area contributed by atoms with E-state index in [9.17, 15) is 0 Å². The van der Waals surface area contributed by atoms with Crippen molar-refractivity contribution in [3.05, 3.63) is 34.9 Å². The van der Waals surface area contributed by atoms with E-state index in [0.29, 0.717) is 0 Å². The van der Waals surface area contributed by atoms with Gasteiger partial charge in [-0.2, -0.15) is 0 Å². The Morgan fingerprint density at radius 3 is 2.65 bits per heavy atom. The van der Waals surface area contributed by atoms with E-state index in [1.807, 2.05) is 19.2 Å². The monoisotopic (exact) mass is 252 g/mol. The van der Waals surface area contributed by atoms with E-state index in [2.05, 4.69) is 22.3 Å². The van der Waals surface area contributed by atoms with Crippen molar-refractivity contribution < 1.29 is 0 Å². The number of halogens is 1. The minimum atomic E-state index is 0.850. The van der Waals surface area contributed by atoms with Gasteiger partial charge in [0.15, 0.2) is 0 Å². The quantitative estimate of drug-likeness (QED) is 0.887. The maximum Gasteiger partial charge on any atom is 0.0451 e. The molecule has 3 heteroatoms. The van der Waals surface area contributed by atoms with Crippen molar-refractivity contribution in [2.24, 2.45) is 5.92 Å². The summed E-state index contributed by atoms with van der Waals surface area (Å²) in [5.74, 6) is 0.850. The number of rotatable bonds is 4. The summed E-state index contributed by atoms with van der Waals surface area (Å²) in [5.41, 5.74) is 1.25. The van der Waals surface area contributed by atoms with Gasteiger partial charge in [-0.3, -0.25) is 4.90 Å². The number of hydrogen-bond donors (Lipinski definition) is 1. The number of piperidine rings is 1. The lowest BCUT2D eigenvalue weighted by molar-refractivity contribution is 0.177. The predicted octanol–water partition coefficient (Wildman–Crippen LogP) is 2.77. The van der Waals surface area contributed by atoms with E-state index in [-0.39, 0.29) is 0 Å². The standard InChI is InChI=1S/C14H21ClN2/c1-16-10-12-6-8-17(9-7-12)11-13-4-2-3-5-14(13)15/h2-5,12,16H,6-11H2,1H3. The molecule has 0 atom stereocenters. The van der Waals surface area contributed by atoms with Gasteiger partial charge in [0.1, 0.15) is 0 Å². The lowest BCUT2D eigenvalue weighted by Gasteiger charge is -2.32. The van der Waals surface area contributed by atoms with Gasteiger partial charge in [0.25, 0.3) is 0 Å². The highest BCUT2D eigenvalue weighted by Crippen LogP contribution is 2.21. The van der Waals surface area contributed by atoms with Crippen LogP contribution in [0.4, 0.5) is 0 Å². The van der Waals surface area contributed by atoms with Crippen LogP contribution in [-0.4, -0.2) is 31.6 Å². The van der Waals surface area contributed by atoms with Crippen LogP contribution in [0.2, 0.25) is 5.02 Å². The van der Waals surface area contributed by atoms with Gasteiger partial charge in [0, 0.05) is 11.6 Å². The van der Waals surface area contributed by atoms with E-state index in [1.165, 1.54) is 31.5 Å². The largest absolute Gasteiger partial charge is 0.319 e. The summed E-state index contributed by atoms with van der Waals surface area (Å²) in [6.45, 7) is 4.53. The molecule has 2 rings (SSSR count). The summed E-state index contributed by atoms with van der Waals surface area (Å²) in [5, 5.41) is 4.16. The maximum atomic E-state index is 6.19. The number of benzene rings is 1. The molecule has 0 unspecified atom stereocenters. The highest BCUT2D eigenvalue weighted by molar-refractivity contribution is 6.31. The molecule has 1 fully saturated rings. The summed E-state index contributed by atoms with van der Waals surface area (Å²) in [7, 11) is 2.04. The van der Waals surface area contributed by atoms with E-state index in [4.69, 9.17) is 11.6 Å². The van der Waals surface area contributed by atoms with Gasteiger partial charge in [-0.05, 0) is 57.1 Å². The Labute approximate surface area is 109 Å². The predicted molar refractivity (Wildman–Crippen MR) is 73.4 cm³/mol. The average Bonchev–Trinajstić information content (AvgIpc) is 2.35. The highest BCUT2D eigenvalue weighted by atomic mass is 35.5. The van der Waals surface area contributed by atoms with Gasteiger partial charge in [0.2, 0.25) is 0 Å². The second-order valence-electron chi connectivity index (χ2n) is 4.87. The van der Waals surface area contributed by atoms with Crippen LogP contribution in [0.15, 0.2) is 24.3 Å². The number of hydrogen-bond acceptors (Lipinski definition) is 2. The van der Waals surface area contributed by atoms with Crippen molar-refractivity contribution in [3.8, 4) is 0 Å². The first kappa shape index (κ1) is 12.9. The third-order valence-corrected chi connectivity index (χ3v) is 3.92. The molecular weight excluding hydrogens is 232 g/mol. The third-order valence-electron chi connectivity index (χ3n) is 3.55. The highest BCUT2D eigenvalue weighted by Gasteiger charge is 2.18. The molecule has 1 N–H and O–H groups in total. The zero-order valence-electron chi connectivity index (χ0n) is 10.5. The fraction of sp³-hybridized carbons (Fsp3) is 0.571. The second-order valence-corrected chi connectivity index (χ2v) is 5.28. The molecule has 1 aromatic carbocycles. The molecule has 17 heavy (non-hydrogen) atoms. The maximum absolute atomic E-state index is 6.19. The normalized spacial score (nSPS) is 18.5. The first-order chi connectivity index (χ1) is 8.29. The summed E-state index contributed by atoms with van der Waals surface area (Å²) < 4.78 is 0. The molecular formula is C14H21ClN2. The van der Waals surface area contributed by atoms with Crippen molar-refractivity contribution in [1.82, 2.24) is 10.2 Å². The van der Waals surface area contributed by atoms with Crippen molar-refractivity contribution in [3.63, 3.8) is 0 Å². The first-order valence-electron chi connectivity index (χ1n) is 6.40. The van der Waals surface area contributed by atoms with Crippen molar-refractivity contribution >= 4 is 11.6 Å². The Bertz CT molecular complexity index is 346. The van der Waals surface area contributed by atoms with Crippen LogP contribution < -0.4 is 5.32 Å². The summed E-state index contributed by atoms with van der Waals surface area (Å²) in [6.07, 6.45) is 2.59. The molecule has 1 aliphatic heterocycles. The topological polar surface area (TPSA) is 15.3 Å². The van der Waals surface area contributed by atoms with Crippen LogP contribution in [0.1, 0.15) is 18.4 Å². The fourth-order valence-electron chi connectivity index (χ4n) is 2.50. The molecule has 1 heterocycles. The molecule has 0 amide bonds. The van der Waals surface area contributed by atoms with Crippen LogP contribution in [-0.2, 0) is 6.54 Å². The average molecular weight is 253 g/mol. The van der Waals surface area contributed by atoms with Crippen LogP contribution in [0.3, 0.4) is 0 Å². The Balaban J connectivity index is 1.84. The van der Waals surface area contributed by atoms with Gasteiger partial charge in [0.05, 0.1) is 0 Å². The Morgan fingerprint density at radius 2 is 2.00 bits per heavy atom. The van der Waals surface area contributed by atoms with Gasteiger partial charge in [-0.1, -0.05) is 29.8 Å². The zero-order chi connectivity index (χ0) is 12.1. The smallest absolute Gasteiger partial charge is 0.0451 e. The molecule has 94 valence electrons. The lowest BCUT2D eigenvalue weighted by atomic mass is 9.96. The third kappa shape index (κ3) is 3.70. The molecule has 0 radical (unpaired) electrons. The molecule has 0 aliphatic carbocycles. The molecule has 0 bridgehead atoms. The van der Waals surface area contributed by atoms with Gasteiger partial charge >= 0.3 is 0 Å². The Kier molecular flexibility index (Phi) is 4.84. The second kappa shape index (κ2) is 6.39. The lowest BCUT2D eigenvalue weighted by Crippen LogP contribution is -2.36. The Morgan fingerprint density at radius 1 is 1.29 bits per heavy atom. The summed E-state index contributed by atoms with van der Waals surface area (Å²) in [6, 6.07) is 8.16. The van der Waals surface area contributed by atoms with Crippen LogP contribution in [0, 0.1) is 5.92 Å². The summed E-state index contributed by atoms with van der Waals surface area (Å²) in [4.78, 5) is 2.51. The van der Waals surface area contributed by atoms with Crippen molar-refractivity contribution in [2.75, 3.05) is 26.7 Å². The number of nitrogens with one attached hydrogen (secondary N) is 1. The minimum absolute atomic E-state index is 0.850. The molecule has 0 spiro atoms. The molecule has 0 saturated carbocycles. The molecule has 2 nitrogen and oxygen atoms in total. The molecule has 1 aromatic rings. The van der Waals surface area contributed by atoms with E-state index < -0.39 is 0 Å². The summed E-state index contributed by atoms with van der Waals surface area (Å²) >= 11 is 6.19. The molecule has 0 aromatic heterocycles. The van der Waals surface area contributed by atoms with Crippen LogP contribution >= 0.6 is 11.6 Å². The van der Waals surface area contributed by atoms with Gasteiger partial charge in [-0.15, -0.1) is 0 Å². The van der Waals surface area contributed by atoms with E-state index >= 15 is 0 Å². The van der Waals surface area contributed by atoms with Crippen molar-refractivity contribution in [2.45, 2.75) is 19.4 Å². The first-order valence-corrected chi connectivity index (χ1v) is 6.77. The van der Waals surface area contributed by atoms with E-state index in [1.54, 1.807) is 0 Å². The minimum Gasteiger partial charge on any atom is -0.319 e.